The van der Waals surface area contributed by atoms with E-state index in [1.165, 1.54) is 18.2 Å². The normalized spacial score (nSPS) is 15.1. The van der Waals surface area contributed by atoms with Crippen LogP contribution in [0.1, 0.15) is 44.6 Å². The number of thioether (sulfide) groups is 1. The van der Waals surface area contributed by atoms with E-state index in [0.29, 0.717) is 34.2 Å². The number of benzene rings is 1. The molecule has 28 heavy (non-hydrogen) atoms. The molecule has 6 nitrogen and oxygen atoms in total. The van der Waals surface area contributed by atoms with E-state index in [0.717, 1.165) is 32.1 Å². The van der Waals surface area contributed by atoms with Crippen LogP contribution in [0, 0.1) is 0 Å². The summed E-state index contributed by atoms with van der Waals surface area (Å²) in [4.78, 5) is 30.1. The van der Waals surface area contributed by atoms with Crippen LogP contribution >= 0.6 is 23.4 Å². The summed E-state index contributed by atoms with van der Waals surface area (Å²) in [5.41, 5.74) is 0.532. The highest BCUT2D eigenvalue weighted by Gasteiger charge is 2.22. The minimum atomic E-state index is -0.0725. The van der Waals surface area contributed by atoms with Gasteiger partial charge in [-0.2, -0.15) is 0 Å². The smallest absolute Gasteiger partial charge is 0.262 e. The zero-order chi connectivity index (χ0) is 19.9. The summed E-state index contributed by atoms with van der Waals surface area (Å²) in [7, 11) is 1.64. The molecule has 0 bridgehead atoms. The van der Waals surface area contributed by atoms with Gasteiger partial charge in [-0.05, 0) is 37.5 Å². The van der Waals surface area contributed by atoms with Crippen LogP contribution < -0.4 is 10.9 Å². The second-order valence-electron chi connectivity index (χ2n) is 7.01. The molecule has 1 saturated carbocycles. The maximum absolute atomic E-state index is 13.2. The van der Waals surface area contributed by atoms with Crippen LogP contribution in [0.2, 0.25) is 5.02 Å². The molecule has 1 aliphatic carbocycles. The number of rotatable bonds is 8. The van der Waals surface area contributed by atoms with Gasteiger partial charge in [-0.3, -0.25) is 14.2 Å². The molecule has 1 N–H and O–H groups in total. The fraction of sp³-hybridized carbons (Fsp3) is 0.550. The van der Waals surface area contributed by atoms with Gasteiger partial charge < -0.3 is 10.1 Å². The number of hydrogen-bond acceptors (Lipinski definition) is 5. The van der Waals surface area contributed by atoms with Crippen LogP contribution in [0.25, 0.3) is 10.9 Å². The third kappa shape index (κ3) is 5.27. The number of amides is 1. The van der Waals surface area contributed by atoms with Gasteiger partial charge >= 0.3 is 0 Å². The molecule has 3 rings (SSSR count). The molecule has 0 atom stereocenters. The molecule has 1 amide bonds. The minimum Gasteiger partial charge on any atom is -0.385 e. The maximum Gasteiger partial charge on any atom is 0.262 e. The molecular weight excluding hydrogens is 398 g/mol. The van der Waals surface area contributed by atoms with Gasteiger partial charge in [0, 0.05) is 31.3 Å². The van der Waals surface area contributed by atoms with Crippen molar-refractivity contribution in [3.63, 3.8) is 0 Å². The summed E-state index contributed by atoms with van der Waals surface area (Å²) < 4.78 is 6.79. The lowest BCUT2D eigenvalue weighted by Gasteiger charge is -2.26. The number of ether oxygens (including phenoxy) is 1. The van der Waals surface area contributed by atoms with Crippen molar-refractivity contribution >= 4 is 40.2 Å². The zero-order valence-electron chi connectivity index (χ0n) is 16.1. The van der Waals surface area contributed by atoms with E-state index in [9.17, 15) is 9.59 Å². The summed E-state index contributed by atoms with van der Waals surface area (Å²) in [6.45, 7) is 1.19. The summed E-state index contributed by atoms with van der Waals surface area (Å²) in [6, 6.07) is 5.31. The molecule has 0 spiro atoms. The average molecular weight is 424 g/mol. The van der Waals surface area contributed by atoms with Crippen molar-refractivity contribution in [1.82, 2.24) is 14.9 Å². The summed E-state index contributed by atoms with van der Waals surface area (Å²) in [6.07, 6.45) is 6.13. The largest absolute Gasteiger partial charge is 0.385 e. The van der Waals surface area contributed by atoms with Crippen molar-refractivity contribution in [2.24, 2.45) is 0 Å². The molecule has 1 heterocycles. The number of aromatic nitrogens is 2. The first-order valence-corrected chi connectivity index (χ1v) is 11.1. The van der Waals surface area contributed by atoms with Gasteiger partial charge in [0.15, 0.2) is 5.16 Å². The van der Waals surface area contributed by atoms with E-state index in [1.807, 2.05) is 0 Å². The number of carbonyl (C=O) groups excluding carboxylic acids is 1. The molecule has 1 fully saturated rings. The van der Waals surface area contributed by atoms with Crippen molar-refractivity contribution < 1.29 is 9.53 Å². The molecule has 8 heteroatoms. The molecule has 1 aromatic carbocycles. The van der Waals surface area contributed by atoms with Gasteiger partial charge in [-0.15, -0.1) is 0 Å². The SMILES string of the molecule is COCCCNC(=O)CSc1nc2cc(Cl)ccc2c(=O)n1C1CCCCC1. The monoisotopic (exact) mass is 423 g/mol. The van der Waals surface area contributed by atoms with Crippen LogP contribution in [0.5, 0.6) is 0 Å². The Labute approximate surface area is 174 Å². The number of halogens is 1. The number of fused-ring (bicyclic) bond motifs is 1. The first kappa shape index (κ1) is 21.1. The van der Waals surface area contributed by atoms with Crippen molar-refractivity contribution in [1.29, 1.82) is 0 Å². The number of carbonyl (C=O) groups is 1. The molecule has 1 aromatic heterocycles. The van der Waals surface area contributed by atoms with Crippen LogP contribution in [0.15, 0.2) is 28.2 Å². The highest BCUT2D eigenvalue weighted by Crippen LogP contribution is 2.31. The van der Waals surface area contributed by atoms with E-state index in [2.05, 4.69) is 5.32 Å². The first-order valence-electron chi connectivity index (χ1n) is 9.70. The molecule has 0 unspecified atom stereocenters. The Balaban J connectivity index is 1.84. The van der Waals surface area contributed by atoms with Crippen molar-refractivity contribution in [3.05, 3.63) is 33.6 Å². The second kappa shape index (κ2) is 10.3. The number of methoxy groups -OCH3 is 1. The van der Waals surface area contributed by atoms with Crippen LogP contribution in [-0.2, 0) is 9.53 Å². The van der Waals surface area contributed by atoms with Crippen LogP contribution in [0.3, 0.4) is 0 Å². The first-order chi connectivity index (χ1) is 13.6. The quantitative estimate of drug-likeness (QED) is 0.397. The van der Waals surface area contributed by atoms with E-state index in [1.54, 1.807) is 29.9 Å². The van der Waals surface area contributed by atoms with Gasteiger partial charge in [0.1, 0.15) is 0 Å². The molecule has 2 aromatic rings. The lowest BCUT2D eigenvalue weighted by Crippen LogP contribution is -2.30. The number of nitrogens with zero attached hydrogens (tertiary/aromatic N) is 2. The van der Waals surface area contributed by atoms with E-state index >= 15 is 0 Å². The topological polar surface area (TPSA) is 73.2 Å². The Morgan fingerprint density at radius 3 is 2.89 bits per heavy atom. The van der Waals surface area contributed by atoms with Gasteiger partial charge in [-0.25, -0.2) is 4.98 Å². The molecule has 152 valence electrons. The molecule has 1 aliphatic rings. The standard InChI is InChI=1S/C20H26ClN3O3S/c1-27-11-5-10-22-18(25)13-28-20-23-17-12-14(21)8-9-16(17)19(26)24(20)15-6-3-2-4-7-15/h8-9,12,15H,2-7,10-11,13H2,1H3,(H,22,25). The Hall–Kier alpha value is -1.57. The van der Waals surface area contributed by atoms with Crippen molar-refractivity contribution in [3.8, 4) is 0 Å². The summed E-state index contributed by atoms with van der Waals surface area (Å²) >= 11 is 7.41. The molecule has 0 radical (unpaired) electrons. The summed E-state index contributed by atoms with van der Waals surface area (Å²) in [5, 5.41) is 4.58. The highest BCUT2D eigenvalue weighted by atomic mass is 35.5. The lowest BCUT2D eigenvalue weighted by atomic mass is 9.95. The Morgan fingerprint density at radius 1 is 1.36 bits per heavy atom. The fourth-order valence-corrected chi connectivity index (χ4v) is 4.60. The number of hydrogen-bond donors (Lipinski definition) is 1. The minimum absolute atomic E-state index is 0.0448. The Kier molecular flexibility index (Phi) is 7.76. The van der Waals surface area contributed by atoms with Gasteiger partial charge in [-0.1, -0.05) is 42.6 Å². The van der Waals surface area contributed by atoms with Crippen LogP contribution in [-0.4, -0.2) is 41.5 Å². The van der Waals surface area contributed by atoms with E-state index in [-0.39, 0.29) is 23.3 Å². The predicted molar refractivity (Wildman–Crippen MR) is 113 cm³/mol. The van der Waals surface area contributed by atoms with Gasteiger partial charge in [0.25, 0.3) is 5.56 Å². The van der Waals surface area contributed by atoms with E-state index in [4.69, 9.17) is 21.3 Å². The Bertz CT molecular complexity index is 881. The van der Waals surface area contributed by atoms with Gasteiger partial charge in [0.2, 0.25) is 5.91 Å². The Morgan fingerprint density at radius 2 is 2.14 bits per heavy atom. The number of nitrogens with one attached hydrogen (secondary N) is 1. The summed E-state index contributed by atoms with van der Waals surface area (Å²) in [5.74, 6) is 0.148. The van der Waals surface area contributed by atoms with Crippen molar-refractivity contribution in [2.75, 3.05) is 26.0 Å². The second-order valence-corrected chi connectivity index (χ2v) is 8.39. The molecule has 0 saturated heterocycles. The lowest BCUT2D eigenvalue weighted by molar-refractivity contribution is -0.118. The fourth-order valence-electron chi connectivity index (χ4n) is 3.54. The zero-order valence-corrected chi connectivity index (χ0v) is 17.7. The third-order valence-electron chi connectivity index (χ3n) is 4.95. The average Bonchev–Trinajstić information content (AvgIpc) is 2.70. The maximum atomic E-state index is 13.2. The molecular formula is C20H26ClN3O3S. The molecule has 0 aliphatic heterocycles. The highest BCUT2D eigenvalue weighted by molar-refractivity contribution is 7.99. The van der Waals surface area contributed by atoms with Crippen molar-refractivity contribution in [2.45, 2.75) is 49.7 Å². The predicted octanol–water partition coefficient (Wildman–Crippen LogP) is 3.80. The van der Waals surface area contributed by atoms with Gasteiger partial charge in [0.05, 0.1) is 16.7 Å². The van der Waals surface area contributed by atoms with Crippen LogP contribution in [0.4, 0.5) is 0 Å². The third-order valence-corrected chi connectivity index (χ3v) is 6.14. The van der Waals surface area contributed by atoms with E-state index < -0.39 is 0 Å².